The van der Waals surface area contributed by atoms with Gasteiger partial charge in [-0.15, -0.1) is 0 Å². The average molecular weight is 307 g/mol. The number of likely N-dealkylation sites (N-methyl/N-ethyl adjacent to an activating group) is 1. The van der Waals surface area contributed by atoms with Gasteiger partial charge in [-0.05, 0) is 30.8 Å². The third-order valence-electron chi connectivity index (χ3n) is 3.76. The molecule has 1 aromatic carbocycles. The van der Waals surface area contributed by atoms with Gasteiger partial charge in [-0.1, -0.05) is 32.9 Å². The minimum absolute atomic E-state index is 0.0120. The number of hydrogen-bond acceptors (Lipinski definition) is 4. The molecule has 124 valence electrons. The van der Waals surface area contributed by atoms with Gasteiger partial charge in [-0.2, -0.15) is 0 Å². The third kappa shape index (κ3) is 6.45. The van der Waals surface area contributed by atoms with Crippen LogP contribution in [0.5, 0.6) is 5.75 Å². The summed E-state index contributed by atoms with van der Waals surface area (Å²) in [5, 5.41) is 2.88. The van der Waals surface area contributed by atoms with Crippen molar-refractivity contribution in [2.45, 2.75) is 27.3 Å². The van der Waals surface area contributed by atoms with Gasteiger partial charge >= 0.3 is 0 Å². The summed E-state index contributed by atoms with van der Waals surface area (Å²) in [4.78, 5) is 14.0. The number of ether oxygens (including phenoxy) is 1. The fourth-order valence-electron chi connectivity index (χ4n) is 2.01. The number of nitrogens with two attached hydrogens (primary N) is 1. The van der Waals surface area contributed by atoms with Crippen LogP contribution in [0.25, 0.3) is 0 Å². The second kappa shape index (κ2) is 10.2. The summed E-state index contributed by atoms with van der Waals surface area (Å²) in [6.45, 7) is 10.7. The Morgan fingerprint density at radius 2 is 1.91 bits per heavy atom. The Hall–Kier alpha value is -1.59. The summed E-state index contributed by atoms with van der Waals surface area (Å²) < 4.78 is 5.73. The van der Waals surface area contributed by atoms with Crippen LogP contribution in [0, 0.1) is 5.92 Å². The van der Waals surface area contributed by atoms with E-state index in [-0.39, 0.29) is 11.8 Å². The minimum atomic E-state index is -0.150. The van der Waals surface area contributed by atoms with Crippen LogP contribution in [0.4, 0.5) is 0 Å². The van der Waals surface area contributed by atoms with Gasteiger partial charge in [0.1, 0.15) is 12.4 Å². The van der Waals surface area contributed by atoms with Gasteiger partial charge < -0.3 is 20.7 Å². The van der Waals surface area contributed by atoms with Gasteiger partial charge in [0.15, 0.2) is 0 Å². The normalized spacial score (nSPS) is 12.2. The lowest BCUT2D eigenvalue weighted by Crippen LogP contribution is -2.32. The molecule has 22 heavy (non-hydrogen) atoms. The summed E-state index contributed by atoms with van der Waals surface area (Å²) in [5.41, 5.74) is 6.52. The SMILES string of the molecule is CCN(CC)CCOc1ccc(CNC(=O)C(C)CN)cc1. The van der Waals surface area contributed by atoms with Crippen molar-refractivity contribution in [1.82, 2.24) is 10.2 Å². The lowest BCUT2D eigenvalue weighted by molar-refractivity contribution is -0.124. The fourth-order valence-corrected chi connectivity index (χ4v) is 2.01. The summed E-state index contributed by atoms with van der Waals surface area (Å²) >= 11 is 0. The predicted molar refractivity (Wildman–Crippen MR) is 89.8 cm³/mol. The van der Waals surface area contributed by atoms with Crippen molar-refractivity contribution in [1.29, 1.82) is 0 Å². The largest absolute Gasteiger partial charge is 0.492 e. The van der Waals surface area contributed by atoms with E-state index >= 15 is 0 Å². The molecule has 0 saturated heterocycles. The highest BCUT2D eigenvalue weighted by atomic mass is 16.5. The molecule has 0 fully saturated rings. The standard InChI is InChI=1S/C17H29N3O2/c1-4-20(5-2)10-11-22-16-8-6-15(7-9-16)13-19-17(21)14(3)12-18/h6-9,14H,4-5,10-13,18H2,1-3H3,(H,19,21). The third-order valence-corrected chi connectivity index (χ3v) is 3.76. The number of hydrogen-bond donors (Lipinski definition) is 2. The van der Waals surface area contributed by atoms with E-state index in [4.69, 9.17) is 10.5 Å². The highest BCUT2D eigenvalue weighted by molar-refractivity contribution is 5.78. The van der Waals surface area contributed by atoms with Crippen LogP contribution in [0.15, 0.2) is 24.3 Å². The molecule has 1 atom stereocenters. The van der Waals surface area contributed by atoms with Crippen molar-refractivity contribution in [2.75, 3.05) is 32.8 Å². The van der Waals surface area contributed by atoms with Crippen molar-refractivity contribution >= 4 is 5.91 Å². The molecule has 3 N–H and O–H groups in total. The van der Waals surface area contributed by atoms with Crippen LogP contribution in [0.1, 0.15) is 26.3 Å². The van der Waals surface area contributed by atoms with Crippen LogP contribution < -0.4 is 15.8 Å². The quantitative estimate of drug-likeness (QED) is 0.689. The van der Waals surface area contributed by atoms with Crippen molar-refractivity contribution in [3.8, 4) is 5.75 Å². The van der Waals surface area contributed by atoms with Crippen molar-refractivity contribution in [2.24, 2.45) is 11.7 Å². The smallest absolute Gasteiger partial charge is 0.224 e. The van der Waals surface area contributed by atoms with E-state index in [1.165, 1.54) is 0 Å². The van der Waals surface area contributed by atoms with E-state index in [0.717, 1.165) is 30.9 Å². The molecule has 1 unspecified atom stereocenters. The monoisotopic (exact) mass is 307 g/mol. The zero-order chi connectivity index (χ0) is 16.4. The zero-order valence-electron chi connectivity index (χ0n) is 14.0. The van der Waals surface area contributed by atoms with Crippen LogP contribution in [0.2, 0.25) is 0 Å². The maximum absolute atomic E-state index is 11.7. The van der Waals surface area contributed by atoms with Crippen LogP contribution >= 0.6 is 0 Å². The highest BCUT2D eigenvalue weighted by Gasteiger charge is 2.09. The van der Waals surface area contributed by atoms with Crippen LogP contribution in [-0.2, 0) is 11.3 Å². The number of nitrogens with zero attached hydrogens (tertiary/aromatic N) is 1. The first-order chi connectivity index (χ1) is 10.6. The fraction of sp³-hybridized carbons (Fsp3) is 0.588. The van der Waals surface area contributed by atoms with Gasteiger partial charge in [-0.3, -0.25) is 4.79 Å². The van der Waals surface area contributed by atoms with Gasteiger partial charge in [0, 0.05) is 25.6 Å². The maximum Gasteiger partial charge on any atom is 0.224 e. The van der Waals surface area contributed by atoms with Gasteiger partial charge in [-0.25, -0.2) is 0 Å². The molecule has 0 aromatic heterocycles. The number of carbonyl (C=O) groups is 1. The van der Waals surface area contributed by atoms with Crippen molar-refractivity contribution in [3.63, 3.8) is 0 Å². The maximum atomic E-state index is 11.7. The Morgan fingerprint density at radius 3 is 2.45 bits per heavy atom. The number of benzene rings is 1. The molecule has 0 radical (unpaired) electrons. The van der Waals surface area contributed by atoms with Crippen molar-refractivity contribution < 1.29 is 9.53 Å². The Labute approximate surface area is 133 Å². The Balaban J connectivity index is 2.35. The topological polar surface area (TPSA) is 67.6 Å². The number of rotatable bonds is 10. The number of nitrogens with one attached hydrogen (secondary N) is 1. The van der Waals surface area contributed by atoms with E-state index in [9.17, 15) is 4.79 Å². The first-order valence-electron chi connectivity index (χ1n) is 8.02. The minimum Gasteiger partial charge on any atom is -0.492 e. The first-order valence-corrected chi connectivity index (χ1v) is 8.02. The summed E-state index contributed by atoms with van der Waals surface area (Å²) in [5.74, 6) is 0.697. The van der Waals surface area contributed by atoms with Gasteiger partial charge in [0.05, 0.1) is 0 Å². The predicted octanol–water partition coefficient (Wildman–Crippen LogP) is 1.62. The van der Waals surface area contributed by atoms with Crippen molar-refractivity contribution in [3.05, 3.63) is 29.8 Å². The Morgan fingerprint density at radius 1 is 1.27 bits per heavy atom. The van der Waals surface area contributed by atoms with E-state index in [0.29, 0.717) is 19.7 Å². The molecule has 0 aliphatic carbocycles. The molecular weight excluding hydrogens is 278 g/mol. The molecule has 5 heteroatoms. The number of amides is 1. The molecule has 1 aromatic rings. The summed E-state index contributed by atoms with van der Waals surface area (Å²) in [7, 11) is 0. The molecule has 5 nitrogen and oxygen atoms in total. The van der Waals surface area contributed by atoms with Crippen LogP contribution in [0.3, 0.4) is 0 Å². The molecule has 0 aliphatic rings. The zero-order valence-corrected chi connectivity index (χ0v) is 14.0. The molecule has 0 saturated carbocycles. The lowest BCUT2D eigenvalue weighted by atomic mass is 10.1. The summed E-state index contributed by atoms with van der Waals surface area (Å²) in [6, 6.07) is 7.83. The lowest BCUT2D eigenvalue weighted by Gasteiger charge is -2.18. The van der Waals surface area contributed by atoms with E-state index in [1.807, 2.05) is 31.2 Å². The van der Waals surface area contributed by atoms with Crippen LogP contribution in [-0.4, -0.2) is 43.6 Å². The van der Waals surface area contributed by atoms with E-state index in [1.54, 1.807) is 0 Å². The highest BCUT2D eigenvalue weighted by Crippen LogP contribution is 2.12. The van der Waals surface area contributed by atoms with Gasteiger partial charge in [0.2, 0.25) is 5.91 Å². The summed E-state index contributed by atoms with van der Waals surface area (Å²) in [6.07, 6.45) is 0. The molecule has 1 amide bonds. The molecule has 0 heterocycles. The molecular formula is C17H29N3O2. The first kappa shape index (κ1) is 18.5. The molecule has 0 spiro atoms. The second-order valence-corrected chi connectivity index (χ2v) is 5.37. The molecule has 1 rings (SSSR count). The van der Waals surface area contributed by atoms with E-state index < -0.39 is 0 Å². The average Bonchev–Trinajstić information content (AvgIpc) is 2.56. The molecule has 0 aliphatic heterocycles. The van der Waals surface area contributed by atoms with Gasteiger partial charge in [0.25, 0.3) is 0 Å². The molecule has 0 bridgehead atoms. The van der Waals surface area contributed by atoms with E-state index in [2.05, 4.69) is 24.1 Å². The second-order valence-electron chi connectivity index (χ2n) is 5.37. The number of carbonyl (C=O) groups excluding carboxylic acids is 1. The Kier molecular flexibility index (Phi) is 8.55. The Bertz CT molecular complexity index is 430.